The predicted molar refractivity (Wildman–Crippen MR) is 66.3 cm³/mol. The van der Waals surface area contributed by atoms with Gasteiger partial charge in [0.05, 0.1) is 10.8 Å². The molecule has 1 nitrogen and oxygen atoms in total. The maximum atomic E-state index is 4.44. The summed E-state index contributed by atoms with van der Waals surface area (Å²) in [6.45, 7) is 0. The van der Waals surface area contributed by atoms with E-state index in [1.54, 1.807) is 0 Å². The van der Waals surface area contributed by atoms with Crippen molar-refractivity contribution in [3.8, 4) is 0 Å². The topological polar surface area (TPSA) is 12.4 Å². The number of rotatable bonds is 1. The number of hydrogen-bond acceptors (Lipinski definition) is 3. The fourth-order valence-electron chi connectivity index (χ4n) is 0.797. The minimum Gasteiger partial charge on any atom is -0.235 e. The van der Waals surface area contributed by atoms with Crippen LogP contribution in [-0.4, -0.2) is 9.46 Å². The number of benzene rings is 1. The van der Waals surface area contributed by atoms with Crippen molar-refractivity contribution < 1.29 is 0 Å². The van der Waals surface area contributed by atoms with E-state index in [1.165, 1.54) is 7.95 Å². The van der Waals surface area contributed by atoms with Gasteiger partial charge >= 0.3 is 0 Å². The van der Waals surface area contributed by atoms with Gasteiger partial charge in [0.2, 0.25) is 0 Å². The third kappa shape index (κ3) is 2.17. The Morgan fingerprint density at radius 1 is 1.17 bits per heavy atom. The van der Waals surface area contributed by atoms with Crippen molar-refractivity contribution in [2.75, 3.05) is 5.08 Å². The fraction of sp³-hybridized carbons (Fsp3) is 0.125. The predicted octanol–water partition coefficient (Wildman–Crippen LogP) is 3.72. The molecule has 0 saturated carbocycles. The Morgan fingerprint density at radius 3 is 2.33 bits per heavy atom. The maximum absolute atomic E-state index is 4.44. The van der Waals surface area contributed by atoms with Gasteiger partial charge in [0.1, 0.15) is 4.38 Å². The van der Waals surface area contributed by atoms with E-state index in [-0.39, 0.29) is 0 Å². The summed E-state index contributed by atoms with van der Waals surface area (Å²) in [5, 5.41) is 1.16. The van der Waals surface area contributed by atoms with Crippen LogP contribution in [-0.2, 0) is 0 Å². The Kier molecular flexibility index (Phi) is 2.98. The van der Waals surface area contributed by atoms with Gasteiger partial charge < -0.3 is 0 Å². The summed E-state index contributed by atoms with van der Waals surface area (Å²) < 4.78 is 2.45. The standard InChI is InChI=1S/C8H6INS2/c9-6-1-3-7(4-2-6)10-8-11-5-12-8/h1-4H,5H2. The van der Waals surface area contributed by atoms with Crippen LogP contribution in [0, 0.1) is 3.57 Å². The Hall–Kier alpha value is 0.320. The maximum Gasteiger partial charge on any atom is 0.132 e. The van der Waals surface area contributed by atoms with Crippen LogP contribution in [0.4, 0.5) is 5.69 Å². The Morgan fingerprint density at radius 2 is 1.83 bits per heavy atom. The average Bonchev–Trinajstić information content (AvgIpc) is 2.00. The smallest absolute Gasteiger partial charge is 0.132 e. The minimum absolute atomic E-state index is 1.06. The monoisotopic (exact) mass is 307 g/mol. The van der Waals surface area contributed by atoms with Crippen molar-refractivity contribution in [2.24, 2.45) is 4.99 Å². The molecule has 4 heteroatoms. The number of hydrogen-bond donors (Lipinski definition) is 0. The molecule has 0 radical (unpaired) electrons. The van der Waals surface area contributed by atoms with Crippen LogP contribution in [0.15, 0.2) is 29.3 Å². The van der Waals surface area contributed by atoms with Gasteiger partial charge in [-0.05, 0) is 46.9 Å². The van der Waals surface area contributed by atoms with Crippen molar-refractivity contribution in [3.05, 3.63) is 27.8 Å². The number of halogens is 1. The quantitative estimate of drug-likeness (QED) is 0.733. The largest absolute Gasteiger partial charge is 0.235 e. The lowest BCUT2D eigenvalue weighted by Crippen LogP contribution is -1.96. The third-order valence-corrected chi connectivity index (χ3v) is 4.46. The van der Waals surface area contributed by atoms with Crippen molar-refractivity contribution in [2.45, 2.75) is 0 Å². The van der Waals surface area contributed by atoms with E-state index in [0.29, 0.717) is 0 Å². The molecule has 1 heterocycles. The summed E-state index contributed by atoms with van der Waals surface area (Å²) in [5.74, 6) is 0. The molecule has 0 spiro atoms. The van der Waals surface area contributed by atoms with Crippen LogP contribution in [0.2, 0.25) is 0 Å². The zero-order valence-electron chi connectivity index (χ0n) is 6.16. The van der Waals surface area contributed by atoms with E-state index in [9.17, 15) is 0 Å². The van der Waals surface area contributed by atoms with E-state index >= 15 is 0 Å². The van der Waals surface area contributed by atoms with Gasteiger partial charge in [0.25, 0.3) is 0 Å². The molecule has 0 bridgehead atoms. The summed E-state index contributed by atoms with van der Waals surface area (Å²) in [5.41, 5.74) is 1.06. The van der Waals surface area contributed by atoms with E-state index in [1.807, 2.05) is 35.7 Å². The highest BCUT2D eigenvalue weighted by atomic mass is 127. The second-order valence-corrected chi connectivity index (χ2v) is 6.06. The Bertz CT molecular complexity index is 301. The van der Waals surface area contributed by atoms with Crippen LogP contribution >= 0.6 is 46.1 Å². The molecule has 1 aliphatic rings. The van der Waals surface area contributed by atoms with Gasteiger partial charge in [-0.2, -0.15) is 0 Å². The Balaban J connectivity index is 2.18. The molecule has 0 amide bonds. The van der Waals surface area contributed by atoms with E-state index in [2.05, 4.69) is 39.7 Å². The molecule has 1 aromatic carbocycles. The minimum atomic E-state index is 1.06. The Labute approximate surface area is 93.6 Å². The molecule has 0 atom stereocenters. The second-order valence-electron chi connectivity index (χ2n) is 2.26. The third-order valence-electron chi connectivity index (χ3n) is 1.41. The highest BCUT2D eigenvalue weighted by molar-refractivity contribution is 14.1. The molecule has 1 aliphatic heterocycles. The number of nitrogens with zero attached hydrogens (tertiary/aromatic N) is 1. The van der Waals surface area contributed by atoms with E-state index < -0.39 is 0 Å². The SMILES string of the molecule is Ic1ccc(N=C2SCS2)cc1. The van der Waals surface area contributed by atoms with Crippen LogP contribution in [0.3, 0.4) is 0 Å². The van der Waals surface area contributed by atoms with Crippen molar-refractivity contribution >= 4 is 56.2 Å². The fourth-order valence-corrected chi connectivity index (χ4v) is 2.39. The first-order valence-corrected chi connectivity index (χ1v) is 6.49. The van der Waals surface area contributed by atoms with Crippen molar-refractivity contribution in [1.29, 1.82) is 0 Å². The molecule has 2 rings (SSSR count). The molecule has 0 N–H and O–H groups in total. The van der Waals surface area contributed by atoms with Gasteiger partial charge in [-0.15, -0.1) is 0 Å². The summed E-state index contributed by atoms with van der Waals surface area (Å²) in [6.07, 6.45) is 0. The molecule has 1 fully saturated rings. The second kappa shape index (κ2) is 4.02. The summed E-state index contributed by atoms with van der Waals surface area (Å²) in [7, 11) is 0. The van der Waals surface area contributed by atoms with Gasteiger partial charge in [-0.1, -0.05) is 23.5 Å². The highest BCUT2D eigenvalue weighted by Gasteiger charge is 2.11. The van der Waals surface area contributed by atoms with Crippen LogP contribution in [0.25, 0.3) is 0 Å². The molecule has 12 heavy (non-hydrogen) atoms. The molecule has 1 aromatic rings. The first kappa shape index (κ1) is 8.90. The first-order chi connectivity index (χ1) is 5.84. The summed E-state index contributed by atoms with van der Waals surface area (Å²) in [6, 6.07) is 8.25. The molecule has 0 aromatic heterocycles. The van der Waals surface area contributed by atoms with Crippen LogP contribution < -0.4 is 0 Å². The summed E-state index contributed by atoms with van der Waals surface area (Å²) >= 11 is 5.93. The molecular weight excluding hydrogens is 301 g/mol. The zero-order chi connectivity index (χ0) is 8.39. The lowest BCUT2D eigenvalue weighted by atomic mass is 10.3. The van der Waals surface area contributed by atoms with E-state index in [0.717, 1.165) is 10.8 Å². The van der Waals surface area contributed by atoms with Crippen molar-refractivity contribution in [1.82, 2.24) is 0 Å². The first-order valence-electron chi connectivity index (χ1n) is 3.44. The average molecular weight is 307 g/mol. The van der Waals surface area contributed by atoms with E-state index in [4.69, 9.17) is 0 Å². The summed E-state index contributed by atoms with van der Waals surface area (Å²) in [4.78, 5) is 4.44. The molecule has 1 saturated heterocycles. The highest BCUT2D eigenvalue weighted by Crippen LogP contribution is 2.34. The normalized spacial score (nSPS) is 15.6. The van der Waals surface area contributed by atoms with Gasteiger partial charge in [0.15, 0.2) is 0 Å². The molecule has 0 aliphatic carbocycles. The lowest BCUT2D eigenvalue weighted by Gasteiger charge is -2.12. The number of aliphatic imine (C=N–C) groups is 1. The molecular formula is C8H6INS2. The van der Waals surface area contributed by atoms with Crippen LogP contribution in [0.1, 0.15) is 0 Å². The van der Waals surface area contributed by atoms with Gasteiger partial charge in [0, 0.05) is 3.57 Å². The lowest BCUT2D eigenvalue weighted by molar-refractivity contribution is 1.52. The molecule has 62 valence electrons. The van der Waals surface area contributed by atoms with Gasteiger partial charge in [-0.25, -0.2) is 4.99 Å². The van der Waals surface area contributed by atoms with Crippen LogP contribution in [0.5, 0.6) is 0 Å². The number of thioether (sulfide) groups is 2. The van der Waals surface area contributed by atoms with Crippen molar-refractivity contribution in [3.63, 3.8) is 0 Å². The zero-order valence-corrected chi connectivity index (χ0v) is 9.95. The molecule has 0 unspecified atom stereocenters. The van der Waals surface area contributed by atoms with Gasteiger partial charge in [-0.3, -0.25) is 0 Å².